The van der Waals surface area contributed by atoms with Crippen molar-refractivity contribution in [2.45, 2.75) is 39.8 Å². The van der Waals surface area contributed by atoms with Crippen LogP contribution in [0.1, 0.15) is 37.0 Å². The molecule has 0 heterocycles. The Morgan fingerprint density at radius 1 is 0.791 bits per heavy atom. The molecule has 0 radical (unpaired) electrons. The summed E-state index contributed by atoms with van der Waals surface area (Å²) >= 11 is 0. The first kappa shape index (κ1) is 31.1. The molecule has 0 aliphatic rings. The van der Waals surface area contributed by atoms with Crippen molar-refractivity contribution < 1.29 is 23.8 Å². The lowest BCUT2D eigenvalue weighted by Gasteiger charge is -2.20. The fourth-order valence-electron chi connectivity index (χ4n) is 4.51. The molecule has 2 N–H and O–H groups in total. The van der Waals surface area contributed by atoms with Gasteiger partial charge in [-0.1, -0.05) is 60.2 Å². The van der Waals surface area contributed by atoms with Crippen molar-refractivity contribution >= 4 is 23.1 Å². The fourth-order valence-corrected chi connectivity index (χ4v) is 4.51. The van der Waals surface area contributed by atoms with Crippen LogP contribution in [0, 0.1) is 6.92 Å². The van der Waals surface area contributed by atoms with Gasteiger partial charge in [0.2, 0.25) is 11.8 Å². The van der Waals surface area contributed by atoms with Crippen LogP contribution < -0.4 is 20.1 Å². The van der Waals surface area contributed by atoms with E-state index in [0.717, 1.165) is 33.6 Å². The molecule has 0 bridgehead atoms. The molecule has 43 heavy (non-hydrogen) atoms. The molecule has 1 atom stereocenters. The number of methoxy groups -OCH3 is 1. The van der Waals surface area contributed by atoms with E-state index in [9.17, 15) is 9.59 Å². The van der Waals surface area contributed by atoms with Gasteiger partial charge in [-0.2, -0.15) is 0 Å². The number of amides is 2. The van der Waals surface area contributed by atoms with Crippen LogP contribution in [0.15, 0.2) is 109 Å². The summed E-state index contributed by atoms with van der Waals surface area (Å²) in [6, 6.07) is 31.1. The number of ether oxygens (including phenoxy) is 3. The van der Waals surface area contributed by atoms with Crippen LogP contribution in [0.3, 0.4) is 0 Å². The van der Waals surface area contributed by atoms with Gasteiger partial charge in [0.25, 0.3) is 0 Å². The Bertz CT molecular complexity index is 1530. The Hall–Kier alpha value is -4.88. The molecule has 0 spiro atoms. The van der Waals surface area contributed by atoms with Gasteiger partial charge in [0.1, 0.15) is 23.3 Å². The van der Waals surface area contributed by atoms with Crippen LogP contribution >= 0.6 is 0 Å². The van der Waals surface area contributed by atoms with Crippen LogP contribution in [0.5, 0.6) is 17.2 Å². The van der Waals surface area contributed by atoms with E-state index < -0.39 is 6.04 Å². The number of para-hydroxylation sites is 1. The maximum atomic E-state index is 13.4. The Balaban J connectivity index is 1.46. The van der Waals surface area contributed by atoms with E-state index in [-0.39, 0.29) is 24.8 Å². The molecule has 222 valence electrons. The summed E-state index contributed by atoms with van der Waals surface area (Å²) in [5.74, 6) is 1.41. The number of carbonyl (C=O) groups is 2. The van der Waals surface area contributed by atoms with Crippen molar-refractivity contribution in [2.24, 2.45) is 0 Å². The largest absolute Gasteiger partial charge is 0.497 e. The fraction of sp³-hybridized carbons (Fsp3) is 0.222. The quantitative estimate of drug-likeness (QED) is 0.174. The maximum Gasteiger partial charge on any atom is 0.249 e. The number of rotatable bonds is 13. The second-order valence-corrected chi connectivity index (χ2v) is 10.4. The first-order valence-electron chi connectivity index (χ1n) is 14.2. The Morgan fingerprint density at radius 3 is 2.07 bits per heavy atom. The second kappa shape index (κ2) is 15.4. The molecule has 0 saturated carbocycles. The highest BCUT2D eigenvalue weighted by molar-refractivity contribution is 5.99. The van der Waals surface area contributed by atoms with Crippen LogP contribution in [-0.2, 0) is 20.9 Å². The lowest BCUT2D eigenvalue weighted by molar-refractivity contribution is -0.127. The molecule has 4 rings (SSSR count). The van der Waals surface area contributed by atoms with Crippen molar-refractivity contribution in [2.75, 3.05) is 19.0 Å². The standard InChI is InChI=1S/C36H38N2O5/c1-25(2)32(33-21-31(41-4)18-15-26(33)3)22-35(39)38-34(24-42-23-27-11-7-5-8-12-27)36(40)37-28-16-19-30(20-17-28)43-29-13-9-6-10-14-29/h5-21,34H,22-24H2,1-4H3,(H,37,40)(H,38,39). The highest BCUT2D eigenvalue weighted by atomic mass is 16.5. The van der Waals surface area contributed by atoms with Gasteiger partial charge >= 0.3 is 0 Å². The Labute approximate surface area is 253 Å². The van der Waals surface area contributed by atoms with E-state index in [1.165, 1.54) is 0 Å². The van der Waals surface area contributed by atoms with Gasteiger partial charge < -0.3 is 24.8 Å². The van der Waals surface area contributed by atoms with Crippen molar-refractivity contribution in [3.63, 3.8) is 0 Å². The summed E-state index contributed by atoms with van der Waals surface area (Å²) in [6.45, 7) is 6.26. The highest BCUT2D eigenvalue weighted by Gasteiger charge is 2.23. The molecule has 0 aromatic heterocycles. The van der Waals surface area contributed by atoms with Gasteiger partial charge in [-0.05, 0) is 91.6 Å². The summed E-state index contributed by atoms with van der Waals surface area (Å²) in [7, 11) is 1.62. The topological polar surface area (TPSA) is 85.9 Å². The predicted molar refractivity (Wildman–Crippen MR) is 170 cm³/mol. The number of anilines is 1. The van der Waals surface area contributed by atoms with E-state index in [2.05, 4.69) is 10.6 Å². The van der Waals surface area contributed by atoms with Crippen molar-refractivity contribution in [1.29, 1.82) is 0 Å². The molecular formula is C36H38N2O5. The smallest absolute Gasteiger partial charge is 0.249 e. The number of hydrogen-bond donors (Lipinski definition) is 2. The van der Waals surface area contributed by atoms with Gasteiger partial charge in [-0.15, -0.1) is 0 Å². The summed E-state index contributed by atoms with van der Waals surface area (Å²) in [5, 5.41) is 5.81. The molecule has 0 aliphatic carbocycles. The van der Waals surface area contributed by atoms with E-state index >= 15 is 0 Å². The zero-order chi connectivity index (χ0) is 30.6. The number of allylic oxidation sites excluding steroid dienone is 1. The second-order valence-electron chi connectivity index (χ2n) is 10.4. The van der Waals surface area contributed by atoms with Gasteiger partial charge in [0, 0.05) is 5.69 Å². The van der Waals surface area contributed by atoms with Crippen molar-refractivity contribution in [3.8, 4) is 17.2 Å². The molecule has 0 saturated heterocycles. The molecule has 2 amide bonds. The Kier molecular flexibility index (Phi) is 11.1. The normalized spacial score (nSPS) is 11.3. The minimum absolute atomic E-state index is 0.00398. The maximum absolute atomic E-state index is 13.4. The van der Waals surface area contributed by atoms with Crippen molar-refractivity contribution in [1.82, 2.24) is 5.32 Å². The third kappa shape index (κ3) is 9.31. The lowest BCUT2D eigenvalue weighted by Crippen LogP contribution is -2.46. The van der Waals surface area contributed by atoms with E-state index in [0.29, 0.717) is 23.8 Å². The summed E-state index contributed by atoms with van der Waals surface area (Å²) < 4.78 is 17.2. The molecular weight excluding hydrogens is 540 g/mol. The average molecular weight is 579 g/mol. The predicted octanol–water partition coefficient (Wildman–Crippen LogP) is 7.32. The average Bonchev–Trinajstić information content (AvgIpc) is 3.01. The van der Waals surface area contributed by atoms with Gasteiger partial charge in [0.15, 0.2) is 0 Å². The number of carbonyl (C=O) groups excluding carboxylic acids is 2. The van der Waals surface area contributed by atoms with Crippen molar-refractivity contribution in [3.05, 3.63) is 125 Å². The third-order valence-electron chi connectivity index (χ3n) is 6.86. The van der Waals surface area contributed by atoms with Gasteiger partial charge in [-0.3, -0.25) is 9.59 Å². The SMILES string of the molecule is COc1ccc(C)c(C(CC(=O)NC(COCc2ccccc2)C(=O)Nc2ccc(Oc3ccccc3)cc2)=C(C)C)c1. The number of hydrogen-bond acceptors (Lipinski definition) is 5. The van der Waals surface area contributed by atoms with Gasteiger partial charge in [-0.25, -0.2) is 0 Å². The van der Waals surface area contributed by atoms with E-state index in [4.69, 9.17) is 14.2 Å². The molecule has 0 aliphatic heterocycles. The van der Waals surface area contributed by atoms with Crippen LogP contribution in [-0.4, -0.2) is 31.6 Å². The zero-order valence-electron chi connectivity index (χ0n) is 25.1. The number of aryl methyl sites for hydroxylation is 1. The monoisotopic (exact) mass is 578 g/mol. The first-order valence-corrected chi connectivity index (χ1v) is 14.2. The van der Waals surface area contributed by atoms with Crippen LogP contribution in [0.2, 0.25) is 0 Å². The Morgan fingerprint density at radius 2 is 1.42 bits per heavy atom. The summed E-state index contributed by atoms with van der Waals surface area (Å²) in [5.41, 5.74) is 5.41. The molecule has 7 nitrogen and oxygen atoms in total. The molecule has 4 aromatic carbocycles. The minimum atomic E-state index is -0.915. The summed E-state index contributed by atoms with van der Waals surface area (Å²) in [4.78, 5) is 26.8. The van der Waals surface area contributed by atoms with E-state index in [1.54, 1.807) is 31.4 Å². The van der Waals surface area contributed by atoms with Crippen LogP contribution in [0.4, 0.5) is 5.69 Å². The number of nitrogens with one attached hydrogen (secondary N) is 2. The molecule has 7 heteroatoms. The molecule has 0 fully saturated rings. The lowest BCUT2D eigenvalue weighted by atomic mass is 9.94. The molecule has 1 unspecified atom stereocenters. The first-order chi connectivity index (χ1) is 20.8. The zero-order valence-corrected chi connectivity index (χ0v) is 25.1. The number of benzene rings is 4. The highest BCUT2D eigenvalue weighted by Crippen LogP contribution is 2.29. The third-order valence-corrected chi connectivity index (χ3v) is 6.86. The molecule has 4 aromatic rings. The minimum Gasteiger partial charge on any atom is -0.497 e. The van der Waals surface area contributed by atoms with E-state index in [1.807, 2.05) is 99.6 Å². The van der Waals surface area contributed by atoms with Gasteiger partial charge in [0.05, 0.1) is 26.7 Å². The summed E-state index contributed by atoms with van der Waals surface area (Å²) in [6.07, 6.45) is 0.102. The van der Waals surface area contributed by atoms with Crippen LogP contribution in [0.25, 0.3) is 5.57 Å².